The van der Waals surface area contributed by atoms with Crippen LogP contribution in [0.15, 0.2) is 0 Å². The van der Waals surface area contributed by atoms with E-state index in [0.29, 0.717) is 5.41 Å². The molecule has 86 valence electrons. The topological polar surface area (TPSA) is 29.3 Å². The van der Waals surface area contributed by atoms with Gasteiger partial charge >= 0.3 is 0 Å². The molecule has 0 aromatic rings. The number of nitrogens with zero attached hydrogens (tertiary/aromatic N) is 1. The van der Waals surface area contributed by atoms with E-state index in [1.807, 2.05) is 0 Å². The fourth-order valence-electron chi connectivity index (χ4n) is 2.34. The summed E-state index contributed by atoms with van der Waals surface area (Å²) in [6.45, 7) is 6.07. The van der Waals surface area contributed by atoms with Gasteiger partial charge in [0, 0.05) is 0 Å². The number of nitrogens with two attached hydrogens (primary N) is 1. The summed E-state index contributed by atoms with van der Waals surface area (Å²) in [5, 5.41) is 0. The zero-order valence-electron chi connectivity index (χ0n) is 9.97. The minimum Gasteiger partial charge on any atom is -0.330 e. The molecule has 2 nitrogen and oxygen atoms in total. The highest BCUT2D eigenvalue weighted by molar-refractivity contribution is 4.92. The summed E-state index contributed by atoms with van der Waals surface area (Å²) in [5.74, 6) is 2.74. The Morgan fingerprint density at radius 1 is 1.40 bits per heavy atom. The normalized spacial score (nSPS) is 18.5. The van der Waals surface area contributed by atoms with Crippen LogP contribution in [0.3, 0.4) is 0 Å². The van der Waals surface area contributed by atoms with E-state index in [1.54, 1.807) is 0 Å². The van der Waals surface area contributed by atoms with Crippen LogP contribution in [0.5, 0.6) is 0 Å². The quantitative estimate of drug-likeness (QED) is 0.647. The summed E-state index contributed by atoms with van der Waals surface area (Å²) in [6.07, 6.45) is 11.8. The van der Waals surface area contributed by atoms with Gasteiger partial charge in [-0.2, -0.15) is 0 Å². The van der Waals surface area contributed by atoms with Crippen molar-refractivity contribution in [2.24, 2.45) is 11.1 Å². The van der Waals surface area contributed by atoms with Crippen molar-refractivity contribution in [3.63, 3.8) is 0 Å². The van der Waals surface area contributed by atoms with Crippen molar-refractivity contribution in [2.45, 2.75) is 39.0 Å². The third kappa shape index (κ3) is 3.52. The fraction of sp³-hybridized carbons (Fsp3) is 0.846. The molecule has 0 saturated heterocycles. The van der Waals surface area contributed by atoms with Crippen molar-refractivity contribution in [3.05, 3.63) is 0 Å². The minimum absolute atomic E-state index is 0.459. The highest BCUT2D eigenvalue weighted by Crippen LogP contribution is 2.42. The zero-order valence-corrected chi connectivity index (χ0v) is 9.97. The maximum absolute atomic E-state index is 5.84. The number of hydrogen-bond donors (Lipinski definition) is 1. The third-order valence-corrected chi connectivity index (χ3v) is 3.66. The molecule has 0 aromatic carbocycles. The van der Waals surface area contributed by atoms with E-state index >= 15 is 0 Å². The van der Waals surface area contributed by atoms with E-state index in [2.05, 4.69) is 17.7 Å². The molecular formula is C13H24N2. The van der Waals surface area contributed by atoms with E-state index < -0.39 is 0 Å². The lowest BCUT2D eigenvalue weighted by Gasteiger charge is -2.42. The molecule has 1 rings (SSSR count). The molecule has 1 fully saturated rings. The first-order valence-corrected chi connectivity index (χ1v) is 6.12. The van der Waals surface area contributed by atoms with Crippen LogP contribution in [0.4, 0.5) is 0 Å². The molecule has 2 heteroatoms. The van der Waals surface area contributed by atoms with Crippen LogP contribution < -0.4 is 5.73 Å². The van der Waals surface area contributed by atoms with Crippen LogP contribution in [0.1, 0.15) is 39.0 Å². The largest absolute Gasteiger partial charge is 0.330 e. The molecule has 0 spiro atoms. The number of rotatable bonds is 7. The summed E-state index contributed by atoms with van der Waals surface area (Å²) < 4.78 is 0. The summed E-state index contributed by atoms with van der Waals surface area (Å²) >= 11 is 0. The first-order valence-electron chi connectivity index (χ1n) is 6.12. The Morgan fingerprint density at radius 2 is 2.13 bits per heavy atom. The van der Waals surface area contributed by atoms with E-state index in [0.717, 1.165) is 26.2 Å². The lowest BCUT2D eigenvalue weighted by atomic mass is 9.66. The van der Waals surface area contributed by atoms with Gasteiger partial charge in [0.15, 0.2) is 0 Å². The molecule has 1 aliphatic rings. The van der Waals surface area contributed by atoms with Gasteiger partial charge in [0.25, 0.3) is 0 Å². The first kappa shape index (κ1) is 12.5. The van der Waals surface area contributed by atoms with Crippen molar-refractivity contribution >= 4 is 0 Å². The first-order chi connectivity index (χ1) is 7.26. The van der Waals surface area contributed by atoms with Gasteiger partial charge < -0.3 is 5.73 Å². The molecule has 0 heterocycles. The standard InChI is InChI=1S/C13H24N2/c1-3-9-15(10-4-2)11-8-13(12-14)6-5-7-13/h1H,4-12,14H2,2H3. The van der Waals surface area contributed by atoms with E-state index in [9.17, 15) is 0 Å². The van der Waals surface area contributed by atoms with Crippen molar-refractivity contribution < 1.29 is 0 Å². The van der Waals surface area contributed by atoms with Crippen LogP contribution in [0, 0.1) is 17.8 Å². The molecule has 0 bridgehead atoms. The average molecular weight is 208 g/mol. The van der Waals surface area contributed by atoms with Crippen LogP contribution in [-0.4, -0.2) is 31.1 Å². The van der Waals surface area contributed by atoms with Gasteiger partial charge in [-0.05, 0) is 50.7 Å². The van der Waals surface area contributed by atoms with Crippen LogP contribution in [0.2, 0.25) is 0 Å². The molecule has 0 aromatic heterocycles. The van der Waals surface area contributed by atoms with E-state index in [1.165, 1.54) is 32.1 Å². The van der Waals surface area contributed by atoms with Crippen molar-refractivity contribution in [1.82, 2.24) is 4.90 Å². The van der Waals surface area contributed by atoms with Gasteiger partial charge in [-0.25, -0.2) is 0 Å². The summed E-state index contributed by atoms with van der Waals surface area (Å²) in [6, 6.07) is 0. The second-order valence-corrected chi connectivity index (χ2v) is 4.79. The van der Waals surface area contributed by atoms with Crippen molar-refractivity contribution in [3.8, 4) is 12.3 Å². The SMILES string of the molecule is C#CCN(CCC)CCC1(CN)CCC1. The average Bonchev–Trinajstić information content (AvgIpc) is 2.17. The number of terminal acetylenes is 1. The van der Waals surface area contributed by atoms with Crippen LogP contribution in [-0.2, 0) is 0 Å². The van der Waals surface area contributed by atoms with Gasteiger partial charge in [0.05, 0.1) is 6.54 Å². The van der Waals surface area contributed by atoms with Gasteiger partial charge in [-0.1, -0.05) is 19.3 Å². The Kier molecular flexibility index (Phi) is 5.14. The number of hydrogen-bond acceptors (Lipinski definition) is 2. The van der Waals surface area contributed by atoms with Crippen molar-refractivity contribution in [2.75, 3.05) is 26.2 Å². The van der Waals surface area contributed by atoms with Gasteiger partial charge in [0.1, 0.15) is 0 Å². The fourth-order valence-corrected chi connectivity index (χ4v) is 2.34. The molecule has 2 N–H and O–H groups in total. The predicted octanol–water partition coefficient (Wildman–Crippen LogP) is 1.85. The predicted molar refractivity (Wildman–Crippen MR) is 65.5 cm³/mol. The van der Waals surface area contributed by atoms with Crippen LogP contribution >= 0.6 is 0 Å². The third-order valence-electron chi connectivity index (χ3n) is 3.66. The van der Waals surface area contributed by atoms with Gasteiger partial charge in [-0.3, -0.25) is 4.90 Å². The van der Waals surface area contributed by atoms with E-state index in [-0.39, 0.29) is 0 Å². The minimum atomic E-state index is 0.459. The Morgan fingerprint density at radius 3 is 2.53 bits per heavy atom. The highest BCUT2D eigenvalue weighted by Gasteiger charge is 2.35. The molecule has 0 aliphatic heterocycles. The molecule has 0 radical (unpaired) electrons. The van der Waals surface area contributed by atoms with Crippen LogP contribution in [0.25, 0.3) is 0 Å². The lowest BCUT2D eigenvalue weighted by molar-refractivity contribution is 0.109. The van der Waals surface area contributed by atoms with Gasteiger partial charge in [-0.15, -0.1) is 6.42 Å². The Bertz CT molecular complexity index is 208. The summed E-state index contributed by atoms with van der Waals surface area (Å²) in [5.41, 5.74) is 6.30. The molecule has 0 unspecified atom stereocenters. The van der Waals surface area contributed by atoms with E-state index in [4.69, 9.17) is 12.2 Å². The molecule has 0 amide bonds. The molecular weight excluding hydrogens is 184 g/mol. The Labute approximate surface area is 94.2 Å². The highest BCUT2D eigenvalue weighted by atomic mass is 15.1. The maximum atomic E-state index is 5.84. The van der Waals surface area contributed by atoms with Gasteiger partial charge in [0.2, 0.25) is 0 Å². The lowest BCUT2D eigenvalue weighted by Crippen LogP contribution is -2.40. The van der Waals surface area contributed by atoms with Crippen molar-refractivity contribution in [1.29, 1.82) is 0 Å². The molecule has 0 atom stereocenters. The summed E-state index contributed by atoms with van der Waals surface area (Å²) in [7, 11) is 0. The monoisotopic (exact) mass is 208 g/mol. The second-order valence-electron chi connectivity index (χ2n) is 4.79. The molecule has 15 heavy (non-hydrogen) atoms. The maximum Gasteiger partial charge on any atom is 0.0598 e. The Balaban J connectivity index is 2.29. The summed E-state index contributed by atoms with van der Waals surface area (Å²) in [4.78, 5) is 2.37. The molecule has 1 saturated carbocycles. The smallest absolute Gasteiger partial charge is 0.0598 e. The second kappa shape index (κ2) is 6.15. The zero-order chi connectivity index (χ0) is 11.1. The molecule has 1 aliphatic carbocycles. The Hall–Kier alpha value is -0.520.